The fourth-order valence-electron chi connectivity index (χ4n) is 1.79. The number of hydrogen-bond acceptors (Lipinski definition) is 2. The highest BCUT2D eigenvalue weighted by Gasteiger charge is 2.15. The molecule has 1 N–H and O–H groups in total. The molecule has 2 heteroatoms. The second kappa shape index (κ2) is 2.23. The summed E-state index contributed by atoms with van der Waals surface area (Å²) in [5, 5.41) is 6.24. The second-order valence-corrected chi connectivity index (χ2v) is 4.13. The number of fused-ring (bicyclic) bond motifs is 3. The minimum atomic E-state index is 1.12. The Bertz CT molecular complexity index is 430. The highest BCUT2D eigenvalue weighted by Crippen LogP contribution is 2.38. The van der Waals surface area contributed by atoms with Crippen molar-refractivity contribution in [2.45, 2.75) is 6.42 Å². The maximum absolute atomic E-state index is 3.41. The Balaban J connectivity index is 2.44. The minimum absolute atomic E-state index is 1.12. The predicted octanol–water partition coefficient (Wildman–Crippen LogP) is 2.87. The molecule has 12 heavy (non-hydrogen) atoms. The Kier molecular flexibility index (Phi) is 1.21. The first-order valence-electron chi connectivity index (χ1n) is 4.19. The molecule has 2 heterocycles. The highest BCUT2D eigenvalue weighted by atomic mass is 32.1. The van der Waals surface area contributed by atoms with Gasteiger partial charge in [0.2, 0.25) is 0 Å². The molecule has 0 bridgehead atoms. The summed E-state index contributed by atoms with van der Waals surface area (Å²) in [4.78, 5) is 0. The van der Waals surface area contributed by atoms with Gasteiger partial charge in [0.1, 0.15) is 0 Å². The third-order valence-electron chi connectivity index (χ3n) is 2.36. The van der Waals surface area contributed by atoms with E-state index in [1.165, 1.54) is 27.1 Å². The quantitative estimate of drug-likeness (QED) is 0.649. The Morgan fingerprint density at radius 3 is 3.17 bits per heavy atom. The van der Waals surface area contributed by atoms with Crippen LogP contribution in [0.25, 0.3) is 10.1 Å². The molecule has 60 valence electrons. The lowest BCUT2D eigenvalue weighted by Crippen LogP contribution is -1.90. The maximum atomic E-state index is 3.41. The van der Waals surface area contributed by atoms with Crippen molar-refractivity contribution < 1.29 is 0 Å². The molecule has 0 atom stereocenters. The van der Waals surface area contributed by atoms with Crippen molar-refractivity contribution in [1.29, 1.82) is 0 Å². The van der Waals surface area contributed by atoms with Crippen molar-refractivity contribution in [2.24, 2.45) is 0 Å². The van der Waals surface area contributed by atoms with Gasteiger partial charge in [-0.05, 0) is 23.4 Å². The van der Waals surface area contributed by atoms with Crippen molar-refractivity contribution in [1.82, 2.24) is 0 Å². The number of rotatable bonds is 0. The highest BCUT2D eigenvalue weighted by molar-refractivity contribution is 7.23. The van der Waals surface area contributed by atoms with Crippen molar-refractivity contribution in [3.8, 4) is 0 Å². The van der Waals surface area contributed by atoms with Gasteiger partial charge in [0, 0.05) is 11.2 Å². The van der Waals surface area contributed by atoms with Crippen LogP contribution in [0.3, 0.4) is 0 Å². The van der Waals surface area contributed by atoms with Gasteiger partial charge in [-0.15, -0.1) is 11.3 Å². The first-order chi connectivity index (χ1) is 5.95. The van der Waals surface area contributed by atoms with Crippen molar-refractivity contribution >= 4 is 26.4 Å². The zero-order chi connectivity index (χ0) is 7.97. The van der Waals surface area contributed by atoms with Crippen LogP contribution in [-0.2, 0) is 6.42 Å². The summed E-state index contributed by atoms with van der Waals surface area (Å²) in [6, 6.07) is 8.64. The monoisotopic (exact) mass is 175 g/mol. The molecule has 0 aliphatic carbocycles. The number of nitrogens with one attached hydrogen (secondary N) is 1. The van der Waals surface area contributed by atoms with E-state index < -0.39 is 0 Å². The lowest BCUT2D eigenvalue weighted by atomic mass is 10.1. The summed E-state index contributed by atoms with van der Waals surface area (Å²) in [5.74, 6) is 0. The minimum Gasteiger partial charge on any atom is -0.376 e. The van der Waals surface area contributed by atoms with Crippen LogP contribution >= 0.6 is 11.3 Å². The van der Waals surface area contributed by atoms with E-state index in [1.807, 2.05) is 11.3 Å². The van der Waals surface area contributed by atoms with Gasteiger partial charge < -0.3 is 5.32 Å². The SMILES string of the molecule is c1ccc2c3c(sc2c1)NCC3. The van der Waals surface area contributed by atoms with Crippen LogP contribution in [0.1, 0.15) is 5.56 Å². The molecule has 0 amide bonds. The molecule has 0 radical (unpaired) electrons. The van der Waals surface area contributed by atoms with E-state index in [2.05, 4.69) is 29.6 Å². The van der Waals surface area contributed by atoms with Gasteiger partial charge in [-0.1, -0.05) is 18.2 Å². The van der Waals surface area contributed by atoms with E-state index in [0.29, 0.717) is 0 Å². The molecular formula is C10H9NS. The van der Waals surface area contributed by atoms with Gasteiger partial charge in [0.25, 0.3) is 0 Å². The van der Waals surface area contributed by atoms with Gasteiger partial charge in [-0.2, -0.15) is 0 Å². The Morgan fingerprint density at radius 2 is 2.17 bits per heavy atom. The Labute approximate surface area is 75.0 Å². The summed E-state index contributed by atoms with van der Waals surface area (Å²) in [7, 11) is 0. The standard InChI is InChI=1S/C10H9NS/c1-2-4-9-7(3-1)8-5-6-11-10(8)12-9/h1-4,11H,5-6H2. The third-order valence-corrected chi connectivity index (χ3v) is 3.53. The third kappa shape index (κ3) is 0.730. The van der Waals surface area contributed by atoms with E-state index in [0.717, 1.165) is 6.54 Å². The topological polar surface area (TPSA) is 12.0 Å². The second-order valence-electron chi connectivity index (χ2n) is 3.08. The van der Waals surface area contributed by atoms with Crippen LogP contribution in [0.4, 0.5) is 5.00 Å². The first kappa shape index (κ1) is 6.49. The molecule has 1 aliphatic rings. The molecule has 0 unspecified atom stereocenters. The summed E-state index contributed by atoms with van der Waals surface area (Å²) in [5.41, 5.74) is 1.52. The number of hydrogen-bond donors (Lipinski definition) is 1. The van der Waals surface area contributed by atoms with E-state index in [1.54, 1.807) is 0 Å². The number of thiophene rings is 1. The van der Waals surface area contributed by atoms with E-state index in [4.69, 9.17) is 0 Å². The number of anilines is 1. The zero-order valence-electron chi connectivity index (χ0n) is 6.63. The Morgan fingerprint density at radius 1 is 1.25 bits per heavy atom. The molecular weight excluding hydrogens is 166 g/mol. The van der Waals surface area contributed by atoms with E-state index >= 15 is 0 Å². The summed E-state index contributed by atoms with van der Waals surface area (Å²) in [6.07, 6.45) is 1.19. The number of benzene rings is 1. The molecule has 3 rings (SSSR count). The predicted molar refractivity (Wildman–Crippen MR) is 54.0 cm³/mol. The molecule has 1 nitrogen and oxygen atoms in total. The van der Waals surface area contributed by atoms with Crippen molar-refractivity contribution in [3.05, 3.63) is 29.8 Å². The molecule has 0 saturated carbocycles. The van der Waals surface area contributed by atoms with Crippen molar-refractivity contribution in [2.75, 3.05) is 11.9 Å². The molecule has 1 aromatic heterocycles. The molecule has 0 fully saturated rings. The first-order valence-corrected chi connectivity index (χ1v) is 5.01. The van der Waals surface area contributed by atoms with E-state index in [-0.39, 0.29) is 0 Å². The lowest BCUT2D eigenvalue weighted by Gasteiger charge is -1.90. The fourth-order valence-corrected chi connectivity index (χ4v) is 2.97. The van der Waals surface area contributed by atoms with Gasteiger partial charge in [0.15, 0.2) is 0 Å². The molecule has 0 spiro atoms. The van der Waals surface area contributed by atoms with E-state index in [9.17, 15) is 0 Å². The molecule has 1 aliphatic heterocycles. The van der Waals surface area contributed by atoms with Crippen molar-refractivity contribution in [3.63, 3.8) is 0 Å². The Hall–Kier alpha value is -1.02. The van der Waals surface area contributed by atoms with Crippen LogP contribution in [-0.4, -0.2) is 6.54 Å². The summed E-state index contributed by atoms with van der Waals surface area (Å²) >= 11 is 1.88. The van der Waals surface area contributed by atoms with Gasteiger partial charge >= 0.3 is 0 Å². The summed E-state index contributed by atoms with van der Waals surface area (Å²) in [6.45, 7) is 1.12. The van der Waals surface area contributed by atoms with Crippen LogP contribution in [0.2, 0.25) is 0 Å². The van der Waals surface area contributed by atoms with Crippen LogP contribution in [0, 0.1) is 0 Å². The van der Waals surface area contributed by atoms with Crippen LogP contribution < -0.4 is 5.32 Å². The summed E-state index contributed by atoms with van der Waals surface area (Å²) < 4.78 is 1.41. The van der Waals surface area contributed by atoms with Gasteiger partial charge in [-0.3, -0.25) is 0 Å². The normalized spacial score (nSPS) is 14.7. The molecule has 0 saturated heterocycles. The average Bonchev–Trinajstić information content (AvgIpc) is 2.62. The molecule has 1 aromatic carbocycles. The average molecular weight is 175 g/mol. The van der Waals surface area contributed by atoms with Crippen LogP contribution in [0.15, 0.2) is 24.3 Å². The van der Waals surface area contributed by atoms with Gasteiger partial charge in [-0.25, -0.2) is 0 Å². The maximum Gasteiger partial charge on any atom is 0.0928 e. The van der Waals surface area contributed by atoms with Crippen LogP contribution in [0.5, 0.6) is 0 Å². The largest absolute Gasteiger partial charge is 0.376 e. The zero-order valence-corrected chi connectivity index (χ0v) is 7.45. The lowest BCUT2D eigenvalue weighted by molar-refractivity contribution is 1.11. The van der Waals surface area contributed by atoms with Gasteiger partial charge in [0.05, 0.1) is 5.00 Å². The fraction of sp³-hybridized carbons (Fsp3) is 0.200. The molecule has 2 aromatic rings. The smallest absolute Gasteiger partial charge is 0.0928 e.